The van der Waals surface area contributed by atoms with E-state index in [0.717, 1.165) is 5.56 Å². The molecule has 2 aromatic rings. The predicted octanol–water partition coefficient (Wildman–Crippen LogP) is 1.46. The fourth-order valence-corrected chi connectivity index (χ4v) is 2.89. The number of esters is 1. The van der Waals surface area contributed by atoms with Crippen molar-refractivity contribution in [2.24, 2.45) is 0 Å². The third-order valence-electron chi connectivity index (χ3n) is 3.61. The molecule has 0 fully saturated rings. The van der Waals surface area contributed by atoms with Crippen molar-refractivity contribution in [3.63, 3.8) is 0 Å². The molecule has 0 spiro atoms. The van der Waals surface area contributed by atoms with Gasteiger partial charge in [-0.05, 0) is 37.7 Å². The van der Waals surface area contributed by atoms with Crippen molar-refractivity contribution in [1.29, 1.82) is 0 Å². The largest absolute Gasteiger partial charge is 0.449 e. The summed E-state index contributed by atoms with van der Waals surface area (Å²) in [7, 11) is -2.40. The Morgan fingerprint density at radius 2 is 1.77 bits per heavy atom. The predicted molar refractivity (Wildman–Crippen MR) is 95.9 cm³/mol. The van der Waals surface area contributed by atoms with E-state index in [0.29, 0.717) is 6.54 Å². The zero-order chi connectivity index (χ0) is 19.2. The van der Waals surface area contributed by atoms with Crippen LogP contribution in [0.15, 0.2) is 59.5 Å². The fraction of sp³-hybridized carbons (Fsp3) is 0.222. The van der Waals surface area contributed by atoms with Gasteiger partial charge in [-0.2, -0.15) is 0 Å². The maximum Gasteiger partial charge on any atom is 0.338 e. The summed E-state index contributed by atoms with van der Waals surface area (Å²) in [4.78, 5) is 24.2. The van der Waals surface area contributed by atoms with E-state index >= 15 is 0 Å². The van der Waals surface area contributed by atoms with E-state index in [1.807, 2.05) is 30.3 Å². The first-order valence-corrected chi connectivity index (χ1v) is 9.38. The molecule has 138 valence electrons. The molecule has 0 radical (unpaired) electrons. The number of sulfonamides is 1. The molecule has 7 nitrogen and oxygen atoms in total. The van der Waals surface area contributed by atoms with E-state index in [2.05, 4.69) is 10.0 Å². The van der Waals surface area contributed by atoms with Crippen molar-refractivity contribution < 1.29 is 22.7 Å². The lowest BCUT2D eigenvalue weighted by molar-refractivity contribution is -0.129. The standard InChI is InChI=1S/C18H20N2O5S/c1-13(17(21)20-12-14-7-4-3-5-8-14)25-18(22)15-9-6-10-16(11-15)26(23,24)19-2/h3-11,13,19H,12H2,1-2H3,(H,20,21)/t13-/m0/s1. The molecule has 0 saturated carbocycles. The number of hydrogen-bond acceptors (Lipinski definition) is 5. The Labute approximate surface area is 152 Å². The van der Waals surface area contributed by atoms with Crippen LogP contribution in [0.5, 0.6) is 0 Å². The Morgan fingerprint density at radius 3 is 2.42 bits per heavy atom. The lowest BCUT2D eigenvalue weighted by atomic mass is 10.2. The van der Waals surface area contributed by atoms with E-state index in [-0.39, 0.29) is 10.5 Å². The summed E-state index contributed by atoms with van der Waals surface area (Å²) < 4.78 is 30.9. The highest BCUT2D eigenvalue weighted by molar-refractivity contribution is 7.89. The molecule has 0 aromatic heterocycles. The van der Waals surface area contributed by atoms with Gasteiger partial charge in [0, 0.05) is 6.54 Å². The fourth-order valence-electron chi connectivity index (χ4n) is 2.12. The van der Waals surface area contributed by atoms with Crippen LogP contribution in [0.3, 0.4) is 0 Å². The first-order valence-electron chi connectivity index (χ1n) is 7.89. The van der Waals surface area contributed by atoms with Crippen LogP contribution >= 0.6 is 0 Å². The van der Waals surface area contributed by atoms with Gasteiger partial charge in [0.25, 0.3) is 5.91 Å². The van der Waals surface area contributed by atoms with Crippen LogP contribution in [-0.2, 0) is 26.1 Å². The molecule has 8 heteroatoms. The second-order valence-electron chi connectivity index (χ2n) is 5.49. The van der Waals surface area contributed by atoms with Crippen LogP contribution in [0.25, 0.3) is 0 Å². The van der Waals surface area contributed by atoms with Gasteiger partial charge in [-0.15, -0.1) is 0 Å². The Bertz CT molecular complexity index is 881. The quantitative estimate of drug-likeness (QED) is 0.713. The van der Waals surface area contributed by atoms with Crippen LogP contribution in [0, 0.1) is 0 Å². The molecule has 0 aliphatic carbocycles. The molecule has 0 unspecified atom stereocenters. The summed E-state index contributed by atoms with van der Waals surface area (Å²) in [5.74, 6) is -1.22. The van der Waals surface area contributed by atoms with E-state index in [4.69, 9.17) is 4.74 Å². The topological polar surface area (TPSA) is 102 Å². The summed E-state index contributed by atoms with van der Waals surface area (Å²) in [6.45, 7) is 1.77. The minimum atomic E-state index is -3.68. The molecule has 0 heterocycles. The Morgan fingerprint density at radius 1 is 1.08 bits per heavy atom. The zero-order valence-corrected chi connectivity index (χ0v) is 15.2. The van der Waals surface area contributed by atoms with E-state index in [1.165, 1.54) is 38.2 Å². The van der Waals surface area contributed by atoms with Gasteiger partial charge in [-0.25, -0.2) is 17.9 Å². The van der Waals surface area contributed by atoms with Crippen LogP contribution in [0.1, 0.15) is 22.8 Å². The average Bonchev–Trinajstić information content (AvgIpc) is 2.66. The van der Waals surface area contributed by atoms with Gasteiger partial charge in [0.2, 0.25) is 10.0 Å². The van der Waals surface area contributed by atoms with Crippen LogP contribution in [0.4, 0.5) is 0 Å². The lowest BCUT2D eigenvalue weighted by Crippen LogP contribution is -2.35. The SMILES string of the molecule is CNS(=O)(=O)c1cccc(C(=O)O[C@@H](C)C(=O)NCc2ccccc2)c1. The maximum atomic E-state index is 12.2. The number of rotatable bonds is 7. The number of amides is 1. The van der Waals surface area contributed by atoms with Crippen molar-refractivity contribution in [3.05, 3.63) is 65.7 Å². The number of benzene rings is 2. The molecule has 1 atom stereocenters. The van der Waals surface area contributed by atoms with Gasteiger partial charge in [0.15, 0.2) is 6.10 Å². The Hall–Kier alpha value is -2.71. The van der Waals surface area contributed by atoms with Gasteiger partial charge in [0.1, 0.15) is 0 Å². The first kappa shape index (κ1) is 19.6. The highest BCUT2D eigenvalue weighted by Gasteiger charge is 2.20. The third kappa shape index (κ3) is 5.14. The number of hydrogen-bond donors (Lipinski definition) is 2. The van der Waals surface area contributed by atoms with Crippen LogP contribution < -0.4 is 10.0 Å². The molecule has 26 heavy (non-hydrogen) atoms. The summed E-state index contributed by atoms with van der Waals surface area (Å²) in [5.41, 5.74) is 0.966. The van der Waals surface area contributed by atoms with E-state index < -0.39 is 28.0 Å². The molecule has 0 saturated heterocycles. The molecular weight excluding hydrogens is 356 g/mol. The van der Waals surface area contributed by atoms with Crippen LogP contribution in [-0.4, -0.2) is 33.4 Å². The molecule has 2 N–H and O–H groups in total. The molecule has 0 bridgehead atoms. The minimum absolute atomic E-state index is 0.0454. The Kier molecular flexibility index (Phi) is 6.48. The molecule has 2 rings (SSSR count). The number of nitrogens with one attached hydrogen (secondary N) is 2. The number of ether oxygens (including phenoxy) is 1. The van der Waals surface area contributed by atoms with Crippen molar-refractivity contribution in [2.45, 2.75) is 24.5 Å². The van der Waals surface area contributed by atoms with Crippen molar-refractivity contribution in [3.8, 4) is 0 Å². The molecular formula is C18H20N2O5S. The molecule has 1 amide bonds. The summed E-state index contributed by atoms with van der Waals surface area (Å²) in [6.07, 6.45) is -1.02. The highest BCUT2D eigenvalue weighted by atomic mass is 32.2. The molecule has 0 aliphatic heterocycles. The summed E-state index contributed by atoms with van der Waals surface area (Å²) in [6, 6.07) is 14.7. The first-order chi connectivity index (χ1) is 12.3. The monoisotopic (exact) mass is 376 g/mol. The molecule has 0 aliphatic rings. The van der Waals surface area contributed by atoms with Gasteiger partial charge >= 0.3 is 5.97 Å². The van der Waals surface area contributed by atoms with Gasteiger partial charge in [-0.1, -0.05) is 36.4 Å². The van der Waals surface area contributed by atoms with Gasteiger partial charge in [0.05, 0.1) is 10.5 Å². The normalized spacial score (nSPS) is 12.2. The number of carbonyl (C=O) groups excluding carboxylic acids is 2. The summed E-state index contributed by atoms with van der Waals surface area (Å²) >= 11 is 0. The maximum absolute atomic E-state index is 12.2. The van der Waals surface area contributed by atoms with Crippen molar-refractivity contribution in [1.82, 2.24) is 10.0 Å². The zero-order valence-electron chi connectivity index (χ0n) is 14.4. The molecule has 2 aromatic carbocycles. The minimum Gasteiger partial charge on any atom is -0.449 e. The third-order valence-corrected chi connectivity index (χ3v) is 5.02. The van der Waals surface area contributed by atoms with E-state index in [9.17, 15) is 18.0 Å². The van der Waals surface area contributed by atoms with Crippen LogP contribution in [0.2, 0.25) is 0 Å². The smallest absolute Gasteiger partial charge is 0.338 e. The summed E-state index contributed by atoms with van der Waals surface area (Å²) in [5, 5.41) is 2.68. The highest BCUT2D eigenvalue weighted by Crippen LogP contribution is 2.13. The van der Waals surface area contributed by atoms with Gasteiger partial charge in [-0.3, -0.25) is 4.79 Å². The van der Waals surface area contributed by atoms with Crippen molar-refractivity contribution in [2.75, 3.05) is 7.05 Å². The average molecular weight is 376 g/mol. The lowest BCUT2D eigenvalue weighted by Gasteiger charge is -2.14. The van der Waals surface area contributed by atoms with Crippen molar-refractivity contribution >= 4 is 21.9 Å². The number of carbonyl (C=O) groups is 2. The second kappa shape index (κ2) is 8.59. The van der Waals surface area contributed by atoms with Gasteiger partial charge < -0.3 is 10.1 Å². The van der Waals surface area contributed by atoms with E-state index in [1.54, 1.807) is 0 Å². The second-order valence-corrected chi connectivity index (χ2v) is 7.37. The Balaban J connectivity index is 1.98.